The molecule has 0 radical (unpaired) electrons. The molecular weight excluding hydrogens is 502 g/mol. The zero-order valence-corrected chi connectivity index (χ0v) is 19.4. The third-order valence-electron chi connectivity index (χ3n) is 5.62. The molecule has 4 aromatic rings. The van der Waals surface area contributed by atoms with Crippen LogP contribution in [0.5, 0.6) is 0 Å². The zero-order valence-electron chi connectivity index (χ0n) is 19.4. The fourth-order valence-corrected chi connectivity index (χ4v) is 3.97. The topological polar surface area (TPSA) is 98.1 Å². The van der Waals surface area contributed by atoms with Crippen LogP contribution in [0.25, 0.3) is 11.6 Å². The molecule has 7 nitrogen and oxygen atoms in total. The highest BCUT2D eigenvalue weighted by Crippen LogP contribution is 2.36. The molecule has 0 unspecified atom stereocenters. The molecular formula is C27H19F4N5O2. The predicted molar refractivity (Wildman–Crippen MR) is 138 cm³/mol. The Bertz CT molecular complexity index is 1560. The number of hydrogen-bond acceptors (Lipinski definition) is 3. The molecule has 5 N–H and O–H groups in total. The van der Waals surface area contributed by atoms with E-state index in [1.165, 1.54) is 24.3 Å². The van der Waals surface area contributed by atoms with E-state index >= 15 is 0 Å². The van der Waals surface area contributed by atoms with Crippen molar-refractivity contribution in [2.45, 2.75) is 6.18 Å². The molecule has 0 saturated carbocycles. The number of anilines is 5. The van der Waals surface area contributed by atoms with Gasteiger partial charge in [0.25, 0.3) is 5.91 Å². The normalized spacial score (nSPS) is 13.7. The van der Waals surface area contributed by atoms with Crippen molar-refractivity contribution in [2.75, 3.05) is 21.3 Å². The van der Waals surface area contributed by atoms with E-state index in [9.17, 15) is 27.2 Å². The molecule has 11 heteroatoms. The molecule has 192 valence electrons. The SMILES string of the molecule is O=C(Nc1cc(F)cc(Nc2ccc3c(c2)NC(=O)/C3=C\c2ccc[nH]2)c1)Nc1cccc(C(F)(F)F)c1. The Morgan fingerprint density at radius 1 is 0.842 bits per heavy atom. The number of hydrogen-bond donors (Lipinski definition) is 5. The molecule has 5 rings (SSSR count). The summed E-state index contributed by atoms with van der Waals surface area (Å²) >= 11 is 0. The molecule has 0 saturated heterocycles. The number of alkyl halides is 3. The summed E-state index contributed by atoms with van der Waals surface area (Å²) in [7, 11) is 0. The number of rotatable bonds is 5. The van der Waals surface area contributed by atoms with Gasteiger partial charge in [0, 0.05) is 40.2 Å². The molecule has 2 heterocycles. The number of urea groups is 1. The Hall–Kier alpha value is -5.06. The molecule has 1 aliphatic heterocycles. The van der Waals surface area contributed by atoms with Crippen LogP contribution in [0.2, 0.25) is 0 Å². The van der Waals surface area contributed by atoms with E-state index in [2.05, 4.69) is 26.3 Å². The van der Waals surface area contributed by atoms with Crippen LogP contribution in [-0.4, -0.2) is 16.9 Å². The molecule has 1 aromatic heterocycles. The van der Waals surface area contributed by atoms with Crippen molar-refractivity contribution in [1.29, 1.82) is 0 Å². The van der Waals surface area contributed by atoms with Gasteiger partial charge in [-0.2, -0.15) is 13.2 Å². The number of benzene rings is 3. The molecule has 3 aromatic carbocycles. The second-order valence-electron chi connectivity index (χ2n) is 8.41. The van der Waals surface area contributed by atoms with Crippen molar-refractivity contribution < 1.29 is 27.2 Å². The second-order valence-corrected chi connectivity index (χ2v) is 8.41. The third-order valence-corrected chi connectivity index (χ3v) is 5.62. The number of amides is 3. The summed E-state index contributed by atoms with van der Waals surface area (Å²) in [5.41, 5.74) is 2.50. The highest BCUT2D eigenvalue weighted by Gasteiger charge is 2.30. The smallest absolute Gasteiger partial charge is 0.362 e. The lowest BCUT2D eigenvalue weighted by Crippen LogP contribution is -2.20. The number of carbonyl (C=O) groups is 2. The first kappa shape index (κ1) is 24.6. The van der Waals surface area contributed by atoms with E-state index in [1.54, 1.807) is 30.5 Å². The Morgan fingerprint density at radius 3 is 2.39 bits per heavy atom. The Kier molecular flexibility index (Phi) is 6.33. The van der Waals surface area contributed by atoms with E-state index in [4.69, 9.17) is 0 Å². The van der Waals surface area contributed by atoms with E-state index < -0.39 is 23.6 Å². The van der Waals surface area contributed by atoms with Gasteiger partial charge in [-0.15, -0.1) is 0 Å². The summed E-state index contributed by atoms with van der Waals surface area (Å²) in [4.78, 5) is 27.8. The molecule has 1 aliphatic rings. The number of aromatic amines is 1. The number of aromatic nitrogens is 1. The molecule has 0 fully saturated rings. The van der Waals surface area contributed by atoms with Crippen molar-refractivity contribution in [2.24, 2.45) is 0 Å². The summed E-state index contributed by atoms with van der Waals surface area (Å²) in [5, 5.41) is 10.5. The van der Waals surface area contributed by atoms with Gasteiger partial charge in [-0.25, -0.2) is 9.18 Å². The first-order valence-corrected chi connectivity index (χ1v) is 11.3. The first-order chi connectivity index (χ1) is 18.1. The predicted octanol–water partition coefficient (Wildman–Crippen LogP) is 7.05. The maximum Gasteiger partial charge on any atom is 0.416 e. The third kappa shape index (κ3) is 5.51. The lowest BCUT2D eigenvalue weighted by atomic mass is 10.1. The van der Waals surface area contributed by atoms with E-state index in [-0.39, 0.29) is 17.3 Å². The second kappa shape index (κ2) is 9.77. The van der Waals surface area contributed by atoms with Gasteiger partial charge >= 0.3 is 12.2 Å². The summed E-state index contributed by atoms with van der Waals surface area (Å²) in [6, 6.07) is 15.9. The lowest BCUT2D eigenvalue weighted by molar-refractivity contribution is -0.137. The zero-order chi connectivity index (χ0) is 26.9. The van der Waals surface area contributed by atoms with Gasteiger partial charge in [0.2, 0.25) is 0 Å². The minimum atomic E-state index is -4.56. The monoisotopic (exact) mass is 521 g/mol. The standard InChI is InChI=1S/C27H19F4N5O2/c28-16-10-20(12-21(11-16)35-26(38)34-18-4-1-3-15(9-18)27(29,30)31)33-19-6-7-22-23(13-17-5-2-8-32-17)25(37)36-24(22)14-19/h1-14,32-33H,(H,36,37)(H2,34,35,38)/b23-13-. The maximum absolute atomic E-state index is 14.3. The summed E-state index contributed by atoms with van der Waals surface area (Å²) in [6.45, 7) is 0. The van der Waals surface area contributed by atoms with Crippen molar-refractivity contribution in [3.05, 3.63) is 102 Å². The Balaban J connectivity index is 1.30. The number of fused-ring (bicyclic) bond motifs is 1. The van der Waals surface area contributed by atoms with Crippen LogP contribution >= 0.6 is 0 Å². The average Bonchev–Trinajstić information content (AvgIpc) is 3.46. The fourth-order valence-electron chi connectivity index (χ4n) is 3.97. The lowest BCUT2D eigenvalue weighted by Gasteiger charge is -2.13. The van der Waals surface area contributed by atoms with Gasteiger partial charge in [-0.05, 0) is 66.7 Å². The van der Waals surface area contributed by atoms with Crippen LogP contribution < -0.4 is 21.3 Å². The number of H-pyrrole nitrogens is 1. The Morgan fingerprint density at radius 2 is 1.63 bits per heavy atom. The Labute approximate surface area is 213 Å². The highest BCUT2D eigenvalue weighted by molar-refractivity contribution is 6.35. The van der Waals surface area contributed by atoms with E-state index in [1.807, 2.05) is 12.1 Å². The number of nitrogens with one attached hydrogen (secondary N) is 5. The van der Waals surface area contributed by atoms with E-state index in [0.29, 0.717) is 28.2 Å². The number of halogens is 4. The molecule has 0 atom stereocenters. The van der Waals surface area contributed by atoms with Gasteiger partial charge < -0.3 is 26.3 Å². The summed E-state index contributed by atoms with van der Waals surface area (Å²) in [6.07, 6.45) is -1.06. The van der Waals surface area contributed by atoms with Gasteiger partial charge in [-0.3, -0.25) is 4.79 Å². The minimum absolute atomic E-state index is 0.0719. The molecule has 3 amide bonds. The largest absolute Gasteiger partial charge is 0.416 e. The average molecular weight is 521 g/mol. The van der Waals surface area contributed by atoms with Crippen molar-refractivity contribution in [3.8, 4) is 0 Å². The summed E-state index contributed by atoms with van der Waals surface area (Å²) in [5.74, 6) is -0.911. The van der Waals surface area contributed by atoms with Crippen molar-refractivity contribution in [1.82, 2.24) is 4.98 Å². The number of carbonyl (C=O) groups excluding carboxylic acids is 2. The van der Waals surface area contributed by atoms with Crippen LogP contribution in [0.1, 0.15) is 16.8 Å². The fraction of sp³-hybridized carbons (Fsp3) is 0.0370. The van der Waals surface area contributed by atoms with Crippen molar-refractivity contribution >= 4 is 52.0 Å². The molecule has 0 bridgehead atoms. The van der Waals surface area contributed by atoms with Crippen molar-refractivity contribution in [3.63, 3.8) is 0 Å². The maximum atomic E-state index is 14.3. The first-order valence-electron chi connectivity index (χ1n) is 11.3. The van der Waals surface area contributed by atoms with Crippen LogP contribution in [0.15, 0.2) is 79.0 Å². The minimum Gasteiger partial charge on any atom is -0.362 e. The van der Waals surface area contributed by atoms with Gasteiger partial charge in [0.15, 0.2) is 0 Å². The molecule has 0 aliphatic carbocycles. The highest BCUT2D eigenvalue weighted by atomic mass is 19.4. The molecule has 38 heavy (non-hydrogen) atoms. The van der Waals surface area contributed by atoms with Crippen LogP contribution in [-0.2, 0) is 11.0 Å². The molecule has 0 spiro atoms. The van der Waals surface area contributed by atoms with Crippen LogP contribution in [0.4, 0.5) is 50.8 Å². The summed E-state index contributed by atoms with van der Waals surface area (Å²) < 4.78 is 53.0. The quantitative estimate of drug-likeness (QED) is 0.144. The van der Waals surface area contributed by atoms with Gasteiger partial charge in [0.05, 0.1) is 16.8 Å². The van der Waals surface area contributed by atoms with Crippen LogP contribution in [0.3, 0.4) is 0 Å². The van der Waals surface area contributed by atoms with E-state index in [0.717, 1.165) is 23.9 Å². The van der Waals surface area contributed by atoms with Gasteiger partial charge in [0.1, 0.15) is 5.82 Å². The van der Waals surface area contributed by atoms with Gasteiger partial charge in [-0.1, -0.05) is 12.1 Å². The van der Waals surface area contributed by atoms with Crippen LogP contribution in [0, 0.1) is 5.82 Å².